The molecule has 10 nitrogen and oxygen atoms in total. The van der Waals surface area contributed by atoms with Crippen LogP contribution in [-0.2, 0) is 14.3 Å². The highest BCUT2D eigenvalue weighted by Gasteiger charge is 2.20. The smallest absolute Gasteiger partial charge is 0.331 e. The van der Waals surface area contributed by atoms with Crippen LogP contribution in [0.3, 0.4) is 0 Å². The summed E-state index contributed by atoms with van der Waals surface area (Å²) in [5, 5.41) is 13.4. The van der Waals surface area contributed by atoms with Gasteiger partial charge in [-0.15, -0.1) is 0 Å². The second-order valence-electron chi connectivity index (χ2n) is 6.16. The number of rotatable bonds is 9. The van der Waals surface area contributed by atoms with Gasteiger partial charge < -0.3 is 24.3 Å². The normalized spacial score (nSPS) is 11.5. The van der Waals surface area contributed by atoms with Crippen molar-refractivity contribution in [3.05, 3.63) is 58.2 Å². The molecule has 0 unspecified atom stereocenters. The predicted octanol–water partition coefficient (Wildman–Crippen LogP) is 3.20. The van der Waals surface area contributed by atoms with Crippen molar-refractivity contribution < 1.29 is 33.5 Å². The van der Waals surface area contributed by atoms with Gasteiger partial charge in [0.25, 0.3) is 11.6 Å². The number of nitrogens with zero attached hydrogens (tertiary/aromatic N) is 1. The third kappa shape index (κ3) is 6.20. The molecule has 2 aromatic carbocycles. The number of nitro groups is 1. The Labute approximate surface area is 178 Å². The highest BCUT2D eigenvalue weighted by atomic mass is 16.6. The zero-order chi connectivity index (χ0) is 23.0. The Hall–Kier alpha value is -4.08. The third-order valence-corrected chi connectivity index (χ3v) is 4.13. The van der Waals surface area contributed by atoms with Gasteiger partial charge >= 0.3 is 5.97 Å². The minimum atomic E-state index is -1.16. The summed E-state index contributed by atoms with van der Waals surface area (Å²) in [4.78, 5) is 34.8. The number of hydrogen-bond acceptors (Lipinski definition) is 8. The number of benzene rings is 2. The molecule has 0 saturated carbocycles. The SMILES string of the molecule is COc1ccc([N+](=O)[O-])cc1NC(=O)[C@@H](C)OC(=O)C=Cc1ccc(OC)c(OC)c1. The summed E-state index contributed by atoms with van der Waals surface area (Å²) in [5.74, 6) is -0.151. The summed E-state index contributed by atoms with van der Waals surface area (Å²) in [6.07, 6.45) is 1.50. The number of hydrogen-bond donors (Lipinski definition) is 1. The molecule has 0 fully saturated rings. The van der Waals surface area contributed by atoms with Crippen molar-refractivity contribution in [2.75, 3.05) is 26.6 Å². The van der Waals surface area contributed by atoms with E-state index in [1.54, 1.807) is 18.2 Å². The van der Waals surface area contributed by atoms with E-state index in [4.69, 9.17) is 18.9 Å². The van der Waals surface area contributed by atoms with Gasteiger partial charge in [0.2, 0.25) is 0 Å². The first kappa shape index (κ1) is 23.2. The van der Waals surface area contributed by atoms with E-state index in [0.717, 1.165) is 6.07 Å². The Bertz CT molecular complexity index is 1000. The van der Waals surface area contributed by atoms with Crippen molar-refractivity contribution in [1.82, 2.24) is 0 Å². The number of nitro benzene ring substituents is 1. The van der Waals surface area contributed by atoms with Crippen LogP contribution in [0.25, 0.3) is 6.08 Å². The van der Waals surface area contributed by atoms with Gasteiger partial charge in [-0.3, -0.25) is 14.9 Å². The van der Waals surface area contributed by atoms with Crippen LogP contribution >= 0.6 is 0 Å². The quantitative estimate of drug-likeness (QED) is 0.278. The lowest BCUT2D eigenvalue weighted by molar-refractivity contribution is -0.384. The summed E-state index contributed by atoms with van der Waals surface area (Å²) >= 11 is 0. The van der Waals surface area contributed by atoms with Crippen molar-refractivity contribution in [1.29, 1.82) is 0 Å². The van der Waals surface area contributed by atoms with E-state index in [0.29, 0.717) is 17.1 Å². The first-order chi connectivity index (χ1) is 14.8. The van der Waals surface area contributed by atoms with Crippen molar-refractivity contribution in [2.45, 2.75) is 13.0 Å². The maximum absolute atomic E-state index is 12.4. The van der Waals surface area contributed by atoms with Gasteiger partial charge in [0.15, 0.2) is 17.6 Å². The van der Waals surface area contributed by atoms with Crippen LogP contribution in [0, 0.1) is 10.1 Å². The summed E-state index contributed by atoms with van der Waals surface area (Å²) in [6.45, 7) is 1.38. The molecule has 1 atom stereocenters. The second kappa shape index (κ2) is 10.6. The molecule has 0 aliphatic heterocycles. The Balaban J connectivity index is 2.03. The first-order valence-corrected chi connectivity index (χ1v) is 9.03. The molecule has 0 heterocycles. The monoisotopic (exact) mass is 430 g/mol. The lowest BCUT2D eigenvalue weighted by Crippen LogP contribution is -2.29. The van der Waals surface area contributed by atoms with Gasteiger partial charge in [-0.25, -0.2) is 4.79 Å². The zero-order valence-electron chi connectivity index (χ0n) is 17.4. The average Bonchev–Trinajstić information content (AvgIpc) is 2.77. The molecule has 2 aromatic rings. The fraction of sp³-hybridized carbons (Fsp3) is 0.238. The second-order valence-corrected chi connectivity index (χ2v) is 6.16. The number of carbonyl (C=O) groups excluding carboxylic acids is 2. The maximum Gasteiger partial charge on any atom is 0.331 e. The third-order valence-electron chi connectivity index (χ3n) is 4.13. The average molecular weight is 430 g/mol. The molecule has 0 aromatic heterocycles. The van der Waals surface area contributed by atoms with Gasteiger partial charge in [-0.1, -0.05) is 6.07 Å². The highest BCUT2D eigenvalue weighted by Crippen LogP contribution is 2.29. The van der Waals surface area contributed by atoms with E-state index < -0.39 is 22.9 Å². The van der Waals surface area contributed by atoms with Crippen molar-refractivity contribution in [2.24, 2.45) is 0 Å². The highest BCUT2D eigenvalue weighted by molar-refractivity contribution is 5.97. The number of esters is 1. The Morgan fingerprint density at radius 3 is 2.26 bits per heavy atom. The van der Waals surface area contributed by atoms with E-state index in [9.17, 15) is 19.7 Å². The minimum absolute atomic E-state index is 0.0884. The Kier molecular flexibility index (Phi) is 7.95. The summed E-state index contributed by atoms with van der Waals surface area (Å²) in [5.41, 5.74) is 0.525. The molecule has 0 saturated heterocycles. The van der Waals surface area contributed by atoms with Crippen LogP contribution in [0.4, 0.5) is 11.4 Å². The number of nitrogens with one attached hydrogen (secondary N) is 1. The molecule has 0 spiro atoms. The largest absolute Gasteiger partial charge is 0.495 e. The number of ether oxygens (including phenoxy) is 4. The van der Waals surface area contributed by atoms with Crippen molar-refractivity contribution in [3.8, 4) is 17.2 Å². The fourth-order valence-corrected chi connectivity index (χ4v) is 2.53. The van der Waals surface area contributed by atoms with E-state index in [-0.39, 0.29) is 17.1 Å². The number of carbonyl (C=O) groups is 2. The molecule has 0 aliphatic carbocycles. The molecule has 1 N–H and O–H groups in total. The molecular weight excluding hydrogens is 408 g/mol. The summed E-state index contributed by atoms with van der Waals surface area (Å²) < 4.78 is 20.5. The topological polar surface area (TPSA) is 126 Å². The van der Waals surface area contributed by atoms with Crippen LogP contribution in [0.2, 0.25) is 0 Å². The fourth-order valence-electron chi connectivity index (χ4n) is 2.53. The van der Waals surface area contributed by atoms with Crippen LogP contribution in [0.15, 0.2) is 42.5 Å². The van der Waals surface area contributed by atoms with Crippen LogP contribution in [-0.4, -0.2) is 44.2 Å². The number of amides is 1. The summed E-state index contributed by atoms with van der Waals surface area (Å²) in [6, 6.07) is 8.84. The van der Waals surface area contributed by atoms with E-state index in [1.165, 1.54) is 52.5 Å². The number of methoxy groups -OCH3 is 3. The molecule has 10 heteroatoms. The minimum Gasteiger partial charge on any atom is -0.495 e. The maximum atomic E-state index is 12.4. The van der Waals surface area contributed by atoms with Crippen LogP contribution in [0.1, 0.15) is 12.5 Å². The molecule has 2 rings (SSSR count). The molecule has 164 valence electrons. The van der Waals surface area contributed by atoms with E-state index >= 15 is 0 Å². The lowest BCUT2D eigenvalue weighted by atomic mass is 10.2. The Morgan fingerprint density at radius 2 is 1.65 bits per heavy atom. The molecule has 0 bridgehead atoms. The van der Waals surface area contributed by atoms with Crippen LogP contribution < -0.4 is 19.5 Å². The van der Waals surface area contributed by atoms with Crippen LogP contribution in [0.5, 0.6) is 17.2 Å². The summed E-state index contributed by atoms with van der Waals surface area (Å²) in [7, 11) is 4.37. The van der Waals surface area contributed by atoms with Gasteiger partial charge in [0.05, 0.1) is 31.9 Å². The lowest BCUT2D eigenvalue weighted by Gasteiger charge is -2.14. The molecular formula is C21H22N2O8. The standard InChI is InChI=1S/C21H22N2O8/c1-13(21(25)22-16-12-15(23(26)27)7-9-17(16)28-2)31-20(24)10-6-14-5-8-18(29-3)19(11-14)30-4/h5-13H,1-4H3,(H,22,25)/t13-/m1/s1. The first-order valence-electron chi connectivity index (χ1n) is 9.03. The van der Waals surface area contributed by atoms with E-state index in [1.807, 2.05) is 0 Å². The van der Waals surface area contributed by atoms with E-state index in [2.05, 4.69) is 5.32 Å². The van der Waals surface area contributed by atoms with Crippen molar-refractivity contribution in [3.63, 3.8) is 0 Å². The number of non-ortho nitro benzene ring substituents is 1. The molecule has 0 aliphatic rings. The Morgan fingerprint density at radius 1 is 1.00 bits per heavy atom. The van der Waals surface area contributed by atoms with Gasteiger partial charge in [0, 0.05) is 18.2 Å². The molecule has 1 amide bonds. The number of anilines is 1. The van der Waals surface area contributed by atoms with Crippen molar-refractivity contribution >= 4 is 29.3 Å². The molecule has 31 heavy (non-hydrogen) atoms. The molecule has 0 radical (unpaired) electrons. The zero-order valence-corrected chi connectivity index (χ0v) is 17.4. The van der Waals surface area contributed by atoms with Gasteiger partial charge in [-0.2, -0.15) is 0 Å². The van der Waals surface area contributed by atoms with Gasteiger partial charge in [-0.05, 0) is 36.8 Å². The predicted molar refractivity (Wildman–Crippen MR) is 112 cm³/mol. The van der Waals surface area contributed by atoms with Gasteiger partial charge in [0.1, 0.15) is 5.75 Å².